The number of benzene rings is 2. The highest BCUT2D eigenvalue weighted by molar-refractivity contribution is 7.88. The quantitative estimate of drug-likeness (QED) is 0.313. The predicted molar refractivity (Wildman–Crippen MR) is 90.3 cm³/mol. The number of nitrogens with one attached hydrogen (secondary N) is 1. The molecule has 0 amide bonds. The van der Waals surface area contributed by atoms with Crippen molar-refractivity contribution < 1.29 is 48.8 Å². The molecule has 0 fully saturated rings. The van der Waals surface area contributed by atoms with Crippen LogP contribution in [0.3, 0.4) is 0 Å². The van der Waals surface area contributed by atoms with Gasteiger partial charge >= 0.3 is 12.4 Å². The molecule has 0 unspecified atom stereocenters. The summed E-state index contributed by atoms with van der Waals surface area (Å²) in [6, 6.07) is 5.40. The van der Waals surface area contributed by atoms with Gasteiger partial charge < -0.3 is 10.5 Å². The molecule has 164 valence electrons. The summed E-state index contributed by atoms with van der Waals surface area (Å²) < 4.78 is 114. The van der Waals surface area contributed by atoms with Crippen LogP contribution in [0.2, 0.25) is 0 Å². The fourth-order valence-corrected chi connectivity index (χ4v) is 2.23. The van der Waals surface area contributed by atoms with E-state index < -0.39 is 50.9 Å². The topological polar surface area (TPSA) is 101 Å². The average molecular weight is 458 g/mol. The summed E-state index contributed by atoms with van der Waals surface area (Å²) in [6.07, 6.45) is -8.26. The summed E-state index contributed by atoms with van der Waals surface area (Å²) in [5.41, 5.74) is -2.85. The zero-order chi connectivity index (χ0) is 23.3. The molecule has 2 aromatic rings. The smallest absolute Gasteiger partial charge is 0.417 e. The lowest BCUT2D eigenvalue weighted by atomic mass is 10.1. The third kappa shape index (κ3) is 8.21. The van der Waals surface area contributed by atoms with Gasteiger partial charge in [0.1, 0.15) is 5.82 Å². The van der Waals surface area contributed by atoms with Gasteiger partial charge in [-0.2, -0.15) is 34.8 Å². The molecule has 2 rings (SSSR count). The van der Waals surface area contributed by atoms with Gasteiger partial charge in [-0.15, -0.1) is 0 Å². The van der Waals surface area contributed by atoms with E-state index in [2.05, 4.69) is 0 Å². The van der Waals surface area contributed by atoms with Crippen LogP contribution in [0, 0.1) is 11.2 Å². The number of hydrogen-bond donors (Lipinski definition) is 2. The van der Waals surface area contributed by atoms with Crippen LogP contribution < -0.4 is 5.11 Å². The van der Waals surface area contributed by atoms with E-state index in [1.54, 1.807) is 0 Å². The molecule has 2 aromatic carbocycles. The van der Waals surface area contributed by atoms with E-state index in [1.807, 2.05) is 0 Å². The standard InChI is InChI=1S/C9H7F3O3S.C8H5F4NO/c10-9(11,12)8-3-1-7(2-4-8)5-6-16(13,14)15;9-4-1-2-5(7(13)14)6(3-4)8(10,11)12/h1-6H,(H,13,14,15);1-3H,(H2,13,14)/p-1/b6-5+;. The van der Waals surface area contributed by atoms with E-state index >= 15 is 0 Å². The molecule has 0 saturated carbocycles. The van der Waals surface area contributed by atoms with E-state index in [-0.39, 0.29) is 11.6 Å². The van der Waals surface area contributed by atoms with Gasteiger partial charge in [0.05, 0.1) is 16.5 Å². The molecule has 13 heteroatoms. The summed E-state index contributed by atoms with van der Waals surface area (Å²) in [5, 5.41) is 17.5. The summed E-state index contributed by atoms with van der Waals surface area (Å²) in [6.45, 7) is 0. The van der Waals surface area contributed by atoms with Gasteiger partial charge in [0.15, 0.2) is 0 Å². The van der Waals surface area contributed by atoms with E-state index in [9.17, 15) is 44.3 Å². The van der Waals surface area contributed by atoms with Crippen LogP contribution in [-0.4, -0.2) is 18.9 Å². The Balaban J connectivity index is 0.000000303. The summed E-state index contributed by atoms with van der Waals surface area (Å²) in [7, 11) is -4.26. The van der Waals surface area contributed by atoms with Crippen LogP contribution >= 0.6 is 0 Å². The normalized spacial score (nSPS) is 12.4. The van der Waals surface area contributed by atoms with Gasteiger partial charge in [-0.25, -0.2) is 4.39 Å². The minimum Gasteiger partial charge on any atom is -0.859 e. The van der Waals surface area contributed by atoms with Crippen molar-refractivity contribution in [2.45, 2.75) is 12.4 Å². The van der Waals surface area contributed by atoms with Gasteiger partial charge in [0.2, 0.25) is 0 Å². The number of rotatable bonds is 3. The predicted octanol–water partition coefficient (Wildman–Crippen LogP) is 4.09. The Bertz CT molecular complexity index is 1030. The molecule has 0 aliphatic rings. The van der Waals surface area contributed by atoms with Crippen molar-refractivity contribution in [2.75, 3.05) is 0 Å². The van der Waals surface area contributed by atoms with Crippen LogP contribution in [0.4, 0.5) is 30.7 Å². The lowest BCUT2D eigenvalue weighted by Crippen LogP contribution is -2.22. The van der Waals surface area contributed by atoms with Crippen molar-refractivity contribution in [3.8, 4) is 0 Å². The molecular weight excluding hydrogens is 447 g/mol. The molecule has 0 radical (unpaired) electrons. The Morgan fingerprint density at radius 3 is 1.90 bits per heavy atom. The third-order valence-corrected chi connectivity index (χ3v) is 3.68. The molecule has 5 nitrogen and oxygen atoms in total. The SMILES string of the molecule is N=C([O-])c1ccc(F)cc1C(F)(F)F.O=S(=O)(O)/C=C/c1ccc(C(F)(F)F)cc1. The van der Waals surface area contributed by atoms with Gasteiger partial charge in [-0.3, -0.25) is 4.55 Å². The van der Waals surface area contributed by atoms with E-state index in [0.29, 0.717) is 17.5 Å². The molecule has 0 spiro atoms. The maximum atomic E-state index is 12.5. The lowest BCUT2D eigenvalue weighted by Gasteiger charge is -2.15. The Morgan fingerprint density at radius 2 is 1.50 bits per heavy atom. The van der Waals surface area contributed by atoms with Crippen LogP contribution in [0.15, 0.2) is 47.9 Å². The maximum Gasteiger partial charge on any atom is 0.417 e. The summed E-state index contributed by atoms with van der Waals surface area (Å²) in [4.78, 5) is 0. The van der Waals surface area contributed by atoms with Crippen LogP contribution in [-0.2, 0) is 22.5 Å². The average Bonchev–Trinajstić information content (AvgIpc) is 2.58. The van der Waals surface area contributed by atoms with Crippen LogP contribution in [0.5, 0.6) is 0 Å². The van der Waals surface area contributed by atoms with E-state index in [0.717, 1.165) is 30.3 Å². The Labute approximate surface area is 165 Å². The van der Waals surface area contributed by atoms with Crippen molar-refractivity contribution in [3.05, 3.63) is 75.9 Å². The first-order valence-corrected chi connectivity index (χ1v) is 8.96. The highest BCUT2D eigenvalue weighted by Crippen LogP contribution is 2.32. The second-order valence-electron chi connectivity index (χ2n) is 5.45. The highest BCUT2D eigenvalue weighted by atomic mass is 32.2. The van der Waals surface area contributed by atoms with Gasteiger partial charge in [0.25, 0.3) is 10.1 Å². The minimum absolute atomic E-state index is 0.196. The number of hydrogen-bond acceptors (Lipinski definition) is 4. The summed E-state index contributed by atoms with van der Waals surface area (Å²) in [5.74, 6) is -2.58. The number of halogens is 7. The second kappa shape index (κ2) is 9.26. The molecule has 0 aliphatic heterocycles. The minimum atomic E-state index is -4.83. The monoisotopic (exact) mass is 458 g/mol. The maximum absolute atomic E-state index is 12.5. The molecule has 2 N–H and O–H groups in total. The zero-order valence-corrected chi connectivity index (χ0v) is 15.2. The molecule has 0 saturated heterocycles. The molecule has 0 atom stereocenters. The lowest BCUT2D eigenvalue weighted by molar-refractivity contribution is -0.215. The van der Waals surface area contributed by atoms with E-state index in [1.165, 1.54) is 0 Å². The first-order valence-electron chi connectivity index (χ1n) is 7.46. The second-order valence-corrected chi connectivity index (χ2v) is 6.76. The van der Waals surface area contributed by atoms with Crippen LogP contribution in [0.1, 0.15) is 22.3 Å². The first-order chi connectivity index (χ1) is 13.5. The Kier molecular flexibility index (Phi) is 7.75. The van der Waals surface area contributed by atoms with Crippen molar-refractivity contribution in [1.82, 2.24) is 0 Å². The van der Waals surface area contributed by atoms with E-state index in [4.69, 9.17) is 9.96 Å². The fourth-order valence-electron chi connectivity index (χ4n) is 1.90. The molecular formula is C17H11F7NO4S-. The first kappa shape index (κ1) is 25.1. The highest BCUT2D eigenvalue weighted by Gasteiger charge is 2.33. The zero-order valence-electron chi connectivity index (χ0n) is 14.4. The molecule has 0 bridgehead atoms. The van der Waals surface area contributed by atoms with Gasteiger partial charge in [-0.1, -0.05) is 18.2 Å². The Morgan fingerprint density at radius 1 is 0.967 bits per heavy atom. The Hall–Kier alpha value is -2.93. The third-order valence-electron chi connectivity index (χ3n) is 3.20. The van der Waals surface area contributed by atoms with Gasteiger partial charge in [0, 0.05) is 0 Å². The molecule has 30 heavy (non-hydrogen) atoms. The summed E-state index contributed by atoms with van der Waals surface area (Å²) >= 11 is 0. The van der Waals surface area contributed by atoms with Crippen molar-refractivity contribution in [3.63, 3.8) is 0 Å². The van der Waals surface area contributed by atoms with Crippen molar-refractivity contribution in [1.29, 1.82) is 5.41 Å². The van der Waals surface area contributed by atoms with Crippen molar-refractivity contribution >= 4 is 22.1 Å². The molecule has 0 aliphatic carbocycles. The fraction of sp³-hybridized carbons (Fsp3) is 0.118. The van der Waals surface area contributed by atoms with Gasteiger partial charge in [-0.05, 0) is 47.4 Å². The van der Waals surface area contributed by atoms with Crippen molar-refractivity contribution in [2.24, 2.45) is 0 Å². The largest absolute Gasteiger partial charge is 0.859 e. The van der Waals surface area contributed by atoms with Crippen LogP contribution in [0.25, 0.3) is 6.08 Å². The number of alkyl halides is 6. The molecule has 0 heterocycles. The molecule has 0 aromatic heterocycles.